The van der Waals surface area contributed by atoms with Crippen LogP contribution in [0.2, 0.25) is 0 Å². The van der Waals surface area contributed by atoms with Crippen molar-refractivity contribution in [2.45, 2.75) is 109 Å². The van der Waals surface area contributed by atoms with Crippen LogP contribution in [0, 0.1) is 83.1 Å². The van der Waals surface area contributed by atoms with E-state index in [1.165, 1.54) is 22.3 Å². The third-order valence-electron chi connectivity index (χ3n) is 11.0. The molecule has 0 fully saturated rings. The van der Waals surface area contributed by atoms with E-state index in [0.717, 1.165) is 89.8 Å². The Hall–Kier alpha value is -5.02. The Bertz CT molecular complexity index is 2280. The van der Waals surface area contributed by atoms with Gasteiger partial charge in [0, 0.05) is 22.3 Å². The van der Waals surface area contributed by atoms with Crippen molar-refractivity contribution in [3.05, 3.63) is 163 Å². The molecular weight excluding hydrogens is 783 g/mol. The summed E-state index contributed by atoms with van der Waals surface area (Å²) in [6.07, 6.45) is -0.506. The molecule has 0 saturated carbocycles. The van der Waals surface area contributed by atoms with E-state index in [1.54, 1.807) is 12.1 Å². The average Bonchev–Trinajstić information content (AvgIpc) is 3.19. The Morgan fingerprint density at radius 1 is 0.400 bits per heavy atom. The number of rotatable bonds is 9. The zero-order valence-electron chi connectivity index (χ0n) is 37.9. The lowest BCUT2D eigenvalue weighted by Gasteiger charge is -2.27. The molecule has 0 aliphatic carbocycles. The zero-order chi connectivity index (χ0) is 44.6. The molecule has 0 amide bonds. The third-order valence-corrected chi connectivity index (χ3v) is 11.5. The molecule has 0 heterocycles. The summed E-state index contributed by atoms with van der Waals surface area (Å²) >= 11 is 0. The predicted octanol–water partition coefficient (Wildman–Crippen LogP) is 14.5. The van der Waals surface area contributed by atoms with Gasteiger partial charge in [0.05, 0.1) is 18.9 Å². The van der Waals surface area contributed by atoms with Gasteiger partial charge in [-0.1, -0.05) is 70.8 Å². The molecule has 6 aromatic rings. The predicted molar refractivity (Wildman–Crippen MR) is 257 cm³/mol. The molecule has 6 nitrogen and oxygen atoms in total. The van der Waals surface area contributed by atoms with Crippen LogP contribution in [0.5, 0.6) is 34.5 Å². The van der Waals surface area contributed by atoms with E-state index >= 15 is 0 Å². The second-order valence-electron chi connectivity index (χ2n) is 16.1. The fourth-order valence-corrected chi connectivity index (χ4v) is 7.79. The van der Waals surface area contributed by atoms with Gasteiger partial charge in [-0.15, -0.1) is 0 Å². The first kappa shape index (κ1) is 47.7. The highest BCUT2D eigenvalue weighted by Crippen LogP contribution is 2.50. The second kappa shape index (κ2) is 21.0. The number of aryl methyl sites for hydroxylation is 10. The van der Waals surface area contributed by atoms with Crippen molar-refractivity contribution < 1.29 is 28.7 Å². The monoisotopic (exact) mass is 846 g/mol. The van der Waals surface area contributed by atoms with Crippen LogP contribution >= 0.6 is 18.9 Å². The Morgan fingerprint density at radius 3 is 0.967 bits per heavy atom. The summed E-state index contributed by atoms with van der Waals surface area (Å²) in [7, 11) is 4.92. The summed E-state index contributed by atoms with van der Waals surface area (Å²) in [6, 6.07) is 28.0. The fraction of sp³-hybridized carbons (Fsp3) is 0.308. The van der Waals surface area contributed by atoms with Crippen molar-refractivity contribution in [3.63, 3.8) is 0 Å². The highest BCUT2D eigenvalue weighted by Gasteiger charge is 2.28. The van der Waals surface area contributed by atoms with Crippen LogP contribution in [0.25, 0.3) is 11.1 Å². The third kappa shape index (κ3) is 11.6. The minimum absolute atomic E-state index is 0.253. The largest absolute Gasteiger partial charge is 0.508 e. The standard InChI is InChI=1S/C36H44O4P2.2C8H10O/c1-19-11-13-31(23(5)15-19)37-27(9)29-17-21(3)25(7)33(35(29)39-41)34-26(8)22(4)18-30(36(34)40-42)28(10)38-32-14-12-20(2)16-24(32)6;2*1-6-3-4-8(9)7(2)5-6/h11-18,27-28H,41-42H2,1-10H3;2*3-5,9H,1-2H3. The summed E-state index contributed by atoms with van der Waals surface area (Å²) in [5.74, 6) is 3.99. The lowest BCUT2D eigenvalue weighted by Crippen LogP contribution is -2.10. The van der Waals surface area contributed by atoms with Gasteiger partial charge in [-0.3, -0.25) is 0 Å². The lowest BCUT2D eigenvalue weighted by atomic mass is 9.85. The summed E-state index contributed by atoms with van der Waals surface area (Å²) in [5, 5.41) is 18.1. The SMILES string of the molecule is Cc1ccc(O)c(C)c1.Cc1ccc(O)c(C)c1.Cc1ccc(OC(C)c2cc(C)c(C)c(-c3c(C)c(C)cc(C(C)Oc4ccc(C)cc4C)c3OP)c2OP)c(C)c1. The minimum Gasteiger partial charge on any atom is -0.508 e. The number of ether oxygens (including phenoxy) is 2. The average molecular weight is 847 g/mol. The zero-order valence-corrected chi connectivity index (χ0v) is 40.2. The van der Waals surface area contributed by atoms with E-state index in [9.17, 15) is 0 Å². The Balaban J connectivity index is 0.000000359. The van der Waals surface area contributed by atoms with Crippen molar-refractivity contribution in [2.75, 3.05) is 0 Å². The van der Waals surface area contributed by atoms with Gasteiger partial charge in [0.2, 0.25) is 0 Å². The van der Waals surface area contributed by atoms with E-state index in [-0.39, 0.29) is 12.2 Å². The molecule has 6 aromatic carbocycles. The smallest absolute Gasteiger partial charge is 0.137 e. The topological polar surface area (TPSA) is 77.4 Å². The maximum absolute atomic E-state index is 9.04. The first-order valence-electron chi connectivity index (χ1n) is 20.3. The van der Waals surface area contributed by atoms with Crippen LogP contribution in [-0.2, 0) is 0 Å². The molecule has 0 bridgehead atoms. The van der Waals surface area contributed by atoms with Gasteiger partial charge < -0.3 is 28.7 Å². The quantitative estimate of drug-likeness (QED) is 0.141. The van der Waals surface area contributed by atoms with E-state index in [2.05, 4.69) is 125 Å². The number of benzene rings is 6. The molecule has 8 heteroatoms. The fourth-order valence-electron chi connectivity index (χ4n) is 7.28. The Labute approximate surface area is 363 Å². The van der Waals surface area contributed by atoms with Gasteiger partial charge in [-0.2, -0.15) is 0 Å². The van der Waals surface area contributed by atoms with Gasteiger partial charge in [0.1, 0.15) is 46.7 Å². The molecule has 60 heavy (non-hydrogen) atoms. The van der Waals surface area contributed by atoms with Crippen LogP contribution in [0.15, 0.2) is 84.9 Å². The van der Waals surface area contributed by atoms with Crippen LogP contribution in [0.3, 0.4) is 0 Å². The van der Waals surface area contributed by atoms with Crippen molar-refractivity contribution in [1.82, 2.24) is 0 Å². The van der Waals surface area contributed by atoms with Gasteiger partial charge in [-0.05, 0) is 178 Å². The number of hydrogen-bond donors (Lipinski definition) is 2. The highest BCUT2D eigenvalue weighted by molar-refractivity contribution is 7.10. The normalized spacial score (nSPS) is 11.7. The van der Waals surface area contributed by atoms with E-state index in [0.29, 0.717) is 11.5 Å². The first-order chi connectivity index (χ1) is 28.3. The van der Waals surface area contributed by atoms with Crippen LogP contribution < -0.4 is 18.5 Å². The summed E-state index contributed by atoms with van der Waals surface area (Å²) in [4.78, 5) is 0. The molecule has 4 atom stereocenters. The molecule has 0 aliphatic heterocycles. The van der Waals surface area contributed by atoms with Gasteiger partial charge in [0.15, 0.2) is 0 Å². The van der Waals surface area contributed by atoms with Crippen LogP contribution in [0.4, 0.5) is 0 Å². The maximum atomic E-state index is 9.04. The molecule has 0 aliphatic rings. The van der Waals surface area contributed by atoms with E-state index in [1.807, 2.05) is 64.1 Å². The van der Waals surface area contributed by atoms with Gasteiger partial charge in [0.25, 0.3) is 0 Å². The minimum atomic E-state index is -0.253. The van der Waals surface area contributed by atoms with Gasteiger partial charge in [-0.25, -0.2) is 0 Å². The molecule has 318 valence electrons. The van der Waals surface area contributed by atoms with Crippen LogP contribution in [0.1, 0.15) is 104 Å². The summed E-state index contributed by atoms with van der Waals surface area (Å²) < 4.78 is 25.3. The Kier molecular flexibility index (Phi) is 16.7. The molecule has 2 N–H and O–H groups in total. The molecule has 0 spiro atoms. The summed E-state index contributed by atoms with van der Waals surface area (Å²) in [6.45, 7) is 28.8. The summed E-state index contributed by atoms with van der Waals surface area (Å²) in [5.41, 5.74) is 17.4. The molecule has 0 saturated heterocycles. The second-order valence-corrected chi connectivity index (χ2v) is 16.6. The number of phenolic OH excluding ortho intramolecular Hbond substituents is 2. The molecular formula is C52H64O6P2. The number of aromatic hydroxyl groups is 2. The number of phenols is 2. The van der Waals surface area contributed by atoms with E-state index < -0.39 is 0 Å². The first-order valence-corrected chi connectivity index (χ1v) is 21.2. The highest BCUT2D eigenvalue weighted by atomic mass is 31.0. The number of hydrogen-bond acceptors (Lipinski definition) is 6. The molecule has 0 radical (unpaired) electrons. The van der Waals surface area contributed by atoms with Crippen molar-refractivity contribution in [1.29, 1.82) is 0 Å². The lowest BCUT2D eigenvalue weighted by molar-refractivity contribution is 0.222. The van der Waals surface area contributed by atoms with Crippen molar-refractivity contribution in [3.8, 4) is 45.6 Å². The molecule has 6 rings (SSSR count). The van der Waals surface area contributed by atoms with E-state index in [4.69, 9.17) is 28.7 Å². The molecule has 4 unspecified atom stereocenters. The van der Waals surface area contributed by atoms with Crippen LogP contribution in [-0.4, -0.2) is 10.2 Å². The van der Waals surface area contributed by atoms with Gasteiger partial charge >= 0.3 is 0 Å². The van der Waals surface area contributed by atoms with Crippen molar-refractivity contribution in [2.24, 2.45) is 0 Å². The van der Waals surface area contributed by atoms with Crippen molar-refractivity contribution >= 4 is 18.9 Å². The molecule has 0 aromatic heterocycles. The Morgan fingerprint density at radius 2 is 0.700 bits per heavy atom. The maximum Gasteiger partial charge on any atom is 0.137 e.